The van der Waals surface area contributed by atoms with Crippen molar-refractivity contribution in [1.29, 1.82) is 0 Å². The summed E-state index contributed by atoms with van der Waals surface area (Å²) in [7, 11) is -3.53. The molecule has 0 aliphatic carbocycles. The van der Waals surface area contributed by atoms with Crippen molar-refractivity contribution in [3.63, 3.8) is 0 Å². The average molecular weight is 388 g/mol. The molecule has 0 bridgehead atoms. The minimum atomic E-state index is -3.53. The molecule has 134 valence electrons. The lowest BCUT2D eigenvalue weighted by Crippen LogP contribution is -2.15. The molecular formula is C18H16N2O4S2. The summed E-state index contributed by atoms with van der Waals surface area (Å²) in [5.41, 5.74) is 2.20. The number of fused-ring (bicyclic) bond motifs is 1. The Morgan fingerprint density at radius 3 is 2.27 bits per heavy atom. The van der Waals surface area contributed by atoms with Crippen LogP contribution in [0.1, 0.15) is 0 Å². The Kier molecular flexibility index (Phi) is 4.44. The van der Waals surface area contributed by atoms with Gasteiger partial charge in [0.25, 0.3) is 10.0 Å². The number of thiophene rings is 1. The number of rotatable bonds is 5. The van der Waals surface area contributed by atoms with Gasteiger partial charge in [-0.1, -0.05) is 6.07 Å². The van der Waals surface area contributed by atoms with Crippen molar-refractivity contribution in [3.05, 3.63) is 60.0 Å². The minimum Gasteiger partial charge on any atom is -0.486 e. The fourth-order valence-corrected chi connectivity index (χ4v) is 4.58. The van der Waals surface area contributed by atoms with Crippen LogP contribution in [0.2, 0.25) is 0 Å². The molecular weight excluding hydrogens is 372 g/mol. The highest BCUT2D eigenvalue weighted by molar-refractivity contribution is 7.94. The van der Waals surface area contributed by atoms with Crippen LogP contribution in [0.3, 0.4) is 0 Å². The van der Waals surface area contributed by atoms with Gasteiger partial charge >= 0.3 is 0 Å². The van der Waals surface area contributed by atoms with E-state index < -0.39 is 10.0 Å². The smallest absolute Gasteiger partial charge is 0.271 e. The molecule has 0 atom stereocenters. The van der Waals surface area contributed by atoms with E-state index in [-0.39, 0.29) is 4.21 Å². The van der Waals surface area contributed by atoms with Crippen molar-refractivity contribution in [1.82, 2.24) is 0 Å². The molecule has 2 N–H and O–H groups in total. The Bertz CT molecular complexity index is 1000. The number of hydrogen-bond acceptors (Lipinski definition) is 6. The number of ether oxygens (including phenoxy) is 2. The lowest BCUT2D eigenvalue weighted by Gasteiger charge is -2.19. The highest BCUT2D eigenvalue weighted by Gasteiger charge is 2.15. The molecule has 4 rings (SSSR count). The molecule has 26 heavy (non-hydrogen) atoms. The summed E-state index contributed by atoms with van der Waals surface area (Å²) in [5, 5.41) is 4.99. The van der Waals surface area contributed by atoms with Gasteiger partial charge in [0.2, 0.25) is 0 Å². The van der Waals surface area contributed by atoms with Crippen LogP contribution in [0.15, 0.2) is 64.2 Å². The zero-order valence-corrected chi connectivity index (χ0v) is 15.3. The first kappa shape index (κ1) is 16.7. The summed E-state index contributed by atoms with van der Waals surface area (Å²) in [6.07, 6.45) is 0. The van der Waals surface area contributed by atoms with Crippen molar-refractivity contribution < 1.29 is 17.9 Å². The Labute approximate surface area is 155 Å². The molecule has 0 saturated heterocycles. The monoisotopic (exact) mass is 388 g/mol. The van der Waals surface area contributed by atoms with Crippen molar-refractivity contribution in [2.24, 2.45) is 0 Å². The first-order valence-electron chi connectivity index (χ1n) is 7.93. The Morgan fingerprint density at radius 1 is 0.846 bits per heavy atom. The Morgan fingerprint density at radius 2 is 1.54 bits per heavy atom. The molecule has 1 aliphatic heterocycles. The molecule has 0 fully saturated rings. The van der Waals surface area contributed by atoms with Gasteiger partial charge in [-0.3, -0.25) is 4.72 Å². The maximum atomic E-state index is 12.2. The molecule has 8 heteroatoms. The highest BCUT2D eigenvalue weighted by Crippen LogP contribution is 2.33. The second-order valence-electron chi connectivity index (χ2n) is 5.60. The van der Waals surface area contributed by atoms with Crippen LogP contribution in [0.5, 0.6) is 11.5 Å². The lowest BCUT2D eigenvalue weighted by molar-refractivity contribution is 0.171. The SMILES string of the molecule is O=S(=O)(Nc1ccc(Nc2ccc3c(c2)OCCO3)cc1)c1cccs1. The van der Waals surface area contributed by atoms with Gasteiger partial charge in [-0.15, -0.1) is 11.3 Å². The highest BCUT2D eigenvalue weighted by atomic mass is 32.2. The third-order valence-electron chi connectivity index (χ3n) is 3.73. The predicted octanol–water partition coefficient (Wildman–Crippen LogP) is 4.06. The maximum Gasteiger partial charge on any atom is 0.271 e. The fraction of sp³-hybridized carbons (Fsp3) is 0.111. The van der Waals surface area contributed by atoms with Gasteiger partial charge in [-0.05, 0) is 47.8 Å². The second kappa shape index (κ2) is 6.89. The largest absolute Gasteiger partial charge is 0.486 e. The average Bonchev–Trinajstić information content (AvgIpc) is 3.19. The lowest BCUT2D eigenvalue weighted by atomic mass is 10.2. The van der Waals surface area contributed by atoms with E-state index in [4.69, 9.17) is 9.47 Å². The van der Waals surface area contributed by atoms with E-state index in [2.05, 4.69) is 10.0 Å². The van der Waals surface area contributed by atoms with Crippen LogP contribution < -0.4 is 19.5 Å². The first-order chi connectivity index (χ1) is 12.6. The summed E-state index contributed by atoms with van der Waals surface area (Å²) in [6, 6.07) is 16.0. The van der Waals surface area contributed by atoms with Crippen LogP contribution in [0.25, 0.3) is 0 Å². The first-order valence-corrected chi connectivity index (χ1v) is 10.3. The normalized spacial score (nSPS) is 13.2. The van der Waals surface area contributed by atoms with Gasteiger partial charge in [0.15, 0.2) is 11.5 Å². The van der Waals surface area contributed by atoms with Gasteiger partial charge in [0.05, 0.1) is 0 Å². The van der Waals surface area contributed by atoms with E-state index in [1.807, 2.05) is 30.3 Å². The van der Waals surface area contributed by atoms with Crippen molar-refractivity contribution >= 4 is 38.4 Å². The quantitative estimate of drug-likeness (QED) is 0.689. The van der Waals surface area contributed by atoms with E-state index in [9.17, 15) is 8.42 Å². The maximum absolute atomic E-state index is 12.2. The molecule has 1 aliphatic rings. The van der Waals surface area contributed by atoms with E-state index >= 15 is 0 Å². The number of anilines is 3. The van der Waals surface area contributed by atoms with Crippen molar-refractivity contribution in [2.75, 3.05) is 23.3 Å². The summed E-state index contributed by atoms with van der Waals surface area (Å²) in [6.45, 7) is 1.10. The van der Waals surface area contributed by atoms with E-state index in [1.54, 1.807) is 29.6 Å². The molecule has 1 aromatic heterocycles. The number of sulfonamides is 1. The van der Waals surface area contributed by atoms with E-state index in [1.165, 1.54) is 11.3 Å². The molecule has 0 amide bonds. The molecule has 3 aromatic rings. The minimum absolute atomic E-state index is 0.288. The molecule has 2 heterocycles. The molecule has 0 spiro atoms. The predicted molar refractivity (Wildman–Crippen MR) is 102 cm³/mol. The van der Waals surface area contributed by atoms with Crippen molar-refractivity contribution in [2.45, 2.75) is 4.21 Å². The Balaban J connectivity index is 1.46. The van der Waals surface area contributed by atoms with E-state index in [0.29, 0.717) is 24.7 Å². The van der Waals surface area contributed by atoms with Crippen LogP contribution in [0, 0.1) is 0 Å². The molecule has 6 nitrogen and oxygen atoms in total. The number of nitrogens with one attached hydrogen (secondary N) is 2. The Hall–Kier alpha value is -2.71. The molecule has 2 aromatic carbocycles. The molecule has 0 radical (unpaired) electrons. The number of benzene rings is 2. The summed E-state index contributed by atoms with van der Waals surface area (Å²) in [4.78, 5) is 0. The molecule has 0 saturated carbocycles. The summed E-state index contributed by atoms with van der Waals surface area (Å²) in [5.74, 6) is 1.45. The van der Waals surface area contributed by atoms with Gasteiger partial charge in [0.1, 0.15) is 17.4 Å². The van der Waals surface area contributed by atoms with Gasteiger partial charge < -0.3 is 14.8 Å². The van der Waals surface area contributed by atoms with Crippen LogP contribution in [-0.4, -0.2) is 21.6 Å². The topological polar surface area (TPSA) is 76.7 Å². The summed E-state index contributed by atoms with van der Waals surface area (Å²) >= 11 is 1.18. The molecule has 0 unspecified atom stereocenters. The zero-order valence-electron chi connectivity index (χ0n) is 13.6. The summed E-state index contributed by atoms with van der Waals surface area (Å²) < 4.78 is 38.4. The van der Waals surface area contributed by atoms with E-state index in [0.717, 1.165) is 17.1 Å². The standard InChI is InChI=1S/C18H16N2O4S2/c21-26(22,18-2-1-11-25-18)20-14-5-3-13(4-6-14)19-15-7-8-16-17(12-15)24-10-9-23-16/h1-8,11-12,19-20H,9-10H2. The number of hydrogen-bond donors (Lipinski definition) is 2. The zero-order chi connectivity index (χ0) is 18.0. The van der Waals surface area contributed by atoms with Crippen molar-refractivity contribution in [3.8, 4) is 11.5 Å². The van der Waals surface area contributed by atoms with Crippen LogP contribution in [0.4, 0.5) is 17.1 Å². The van der Waals surface area contributed by atoms with Gasteiger partial charge in [-0.25, -0.2) is 8.42 Å². The third kappa shape index (κ3) is 3.61. The van der Waals surface area contributed by atoms with Crippen LogP contribution >= 0.6 is 11.3 Å². The van der Waals surface area contributed by atoms with Gasteiger partial charge in [0, 0.05) is 23.1 Å². The van der Waals surface area contributed by atoms with Gasteiger partial charge in [-0.2, -0.15) is 0 Å². The van der Waals surface area contributed by atoms with Crippen LogP contribution in [-0.2, 0) is 10.0 Å². The fourth-order valence-electron chi connectivity index (χ4n) is 2.53. The third-order valence-corrected chi connectivity index (χ3v) is 6.51. The second-order valence-corrected chi connectivity index (χ2v) is 8.46.